The molecule has 0 aliphatic carbocycles. The summed E-state index contributed by atoms with van der Waals surface area (Å²) in [5.41, 5.74) is -0.249. The number of nitrogens with one attached hydrogen (secondary N) is 3. The van der Waals surface area contributed by atoms with E-state index in [4.69, 9.17) is 4.74 Å². The normalized spacial score (nSPS) is 14.4. The van der Waals surface area contributed by atoms with Gasteiger partial charge < -0.3 is 25.8 Å². The molecule has 0 bridgehead atoms. The van der Waals surface area contributed by atoms with Crippen molar-refractivity contribution < 1.29 is 14.6 Å². The zero-order valence-electron chi connectivity index (χ0n) is 18.2. The summed E-state index contributed by atoms with van der Waals surface area (Å²) in [5, 5.41) is 20.1. The van der Waals surface area contributed by atoms with Gasteiger partial charge in [-0.1, -0.05) is 44.2 Å². The Morgan fingerprint density at radius 3 is 2.41 bits per heavy atom. The molecule has 4 N–H and O–H groups in total. The Balaban J connectivity index is 0.00000784. The summed E-state index contributed by atoms with van der Waals surface area (Å²) in [6, 6.07) is 9.40. The van der Waals surface area contributed by atoms with Crippen molar-refractivity contribution in [1.82, 2.24) is 16.0 Å². The van der Waals surface area contributed by atoms with Gasteiger partial charge >= 0.3 is 6.09 Å². The number of carbonyl (C=O) groups excluding carboxylic acids is 1. The van der Waals surface area contributed by atoms with E-state index < -0.39 is 11.7 Å². The van der Waals surface area contributed by atoms with Crippen molar-refractivity contribution in [2.45, 2.75) is 52.7 Å². The van der Waals surface area contributed by atoms with Crippen LogP contribution in [0.25, 0.3) is 0 Å². The number of carbonyl (C=O) groups is 1. The maximum absolute atomic E-state index is 11.8. The zero-order chi connectivity index (χ0) is 21.0. The van der Waals surface area contributed by atoms with Gasteiger partial charge in [0.2, 0.25) is 0 Å². The molecule has 0 saturated carbocycles. The number of guanidine groups is 1. The highest BCUT2D eigenvalue weighted by molar-refractivity contribution is 14.0. The highest BCUT2D eigenvalue weighted by Crippen LogP contribution is 2.20. The van der Waals surface area contributed by atoms with Crippen molar-refractivity contribution in [1.29, 1.82) is 0 Å². The smallest absolute Gasteiger partial charge is 0.407 e. The number of rotatable bonds is 10. The monoisotopic (exact) mass is 520 g/mol. The van der Waals surface area contributed by atoms with Gasteiger partial charge in [0.25, 0.3) is 0 Å². The minimum atomic E-state index is -1.07. The molecule has 2 atom stereocenters. The summed E-state index contributed by atoms with van der Waals surface area (Å²) in [6.45, 7) is 11.5. The molecule has 1 amide bonds. The zero-order valence-corrected chi connectivity index (χ0v) is 20.5. The quantitative estimate of drug-likeness (QED) is 0.216. The molecule has 0 aliphatic heterocycles. The molecule has 29 heavy (non-hydrogen) atoms. The molecule has 0 saturated heterocycles. The highest BCUT2D eigenvalue weighted by Gasteiger charge is 2.22. The van der Waals surface area contributed by atoms with Gasteiger partial charge in [0, 0.05) is 19.1 Å². The molecular formula is C21H37IN4O3. The van der Waals surface area contributed by atoms with Crippen molar-refractivity contribution in [2.24, 2.45) is 10.9 Å². The number of nitrogens with zero attached hydrogens (tertiary/aromatic N) is 1. The average molecular weight is 520 g/mol. The van der Waals surface area contributed by atoms with Crippen LogP contribution in [0.4, 0.5) is 4.79 Å². The number of hydrogen-bond donors (Lipinski definition) is 4. The Morgan fingerprint density at radius 2 is 1.86 bits per heavy atom. The van der Waals surface area contributed by atoms with Crippen molar-refractivity contribution >= 4 is 36.0 Å². The summed E-state index contributed by atoms with van der Waals surface area (Å²) < 4.78 is 4.99. The molecule has 7 nitrogen and oxygen atoms in total. The van der Waals surface area contributed by atoms with Crippen LogP contribution in [0.1, 0.15) is 46.6 Å². The lowest BCUT2D eigenvalue weighted by Gasteiger charge is -2.24. The van der Waals surface area contributed by atoms with Gasteiger partial charge in [-0.25, -0.2) is 9.79 Å². The number of aliphatic imine (C=N–C) groups is 1. The molecule has 166 valence electrons. The Labute approximate surface area is 192 Å². The third kappa shape index (κ3) is 11.3. The van der Waals surface area contributed by atoms with Crippen molar-refractivity contribution in [3.8, 4) is 0 Å². The molecule has 2 unspecified atom stereocenters. The number of alkyl carbamates (subject to hydrolysis) is 1. The van der Waals surface area contributed by atoms with E-state index in [9.17, 15) is 9.90 Å². The fourth-order valence-electron chi connectivity index (χ4n) is 2.78. The lowest BCUT2D eigenvalue weighted by Crippen LogP contribution is -2.48. The van der Waals surface area contributed by atoms with E-state index in [-0.39, 0.29) is 36.6 Å². The van der Waals surface area contributed by atoms with E-state index in [2.05, 4.69) is 34.8 Å². The number of amides is 1. The molecule has 0 heterocycles. The van der Waals surface area contributed by atoms with E-state index in [1.54, 1.807) is 13.8 Å². The van der Waals surface area contributed by atoms with Gasteiger partial charge in [-0.3, -0.25) is 0 Å². The van der Waals surface area contributed by atoms with E-state index >= 15 is 0 Å². The topological polar surface area (TPSA) is 95.0 Å². The second-order valence-corrected chi connectivity index (χ2v) is 7.41. The number of benzene rings is 1. The molecule has 0 aromatic heterocycles. The van der Waals surface area contributed by atoms with Crippen LogP contribution in [0.5, 0.6) is 0 Å². The van der Waals surface area contributed by atoms with Crippen molar-refractivity contribution in [2.75, 3.05) is 26.2 Å². The largest absolute Gasteiger partial charge is 0.450 e. The van der Waals surface area contributed by atoms with E-state index in [1.165, 1.54) is 0 Å². The molecule has 0 spiro atoms. The Morgan fingerprint density at radius 1 is 1.21 bits per heavy atom. The van der Waals surface area contributed by atoms with Crippen LogP contribution >= 0.6 is 24.0 Å². The molecule has 8 heteroatoms. The molecule has 0 aliphatic rings. The first-order valence-corrected chi connectivity index (χ1v) is 10.0. The fourth-order valence-corrected chi connectivity index (χ4v) is 2.78. The standard InChI is InChI=1S/C21H36N4O3.HI/c1-6-22-19(24-15-21(5,27)17-11-9-8-10-12-17)23-14-18(13-16(3)4)25-20(26)28-7-2;/h8-12,16,18,27H,6-7,13-15H2,1-5H3,(H,25,26)(H2,22,23,24);1H. The van der Waals surface area contributed by atoms with Gasteiger partial charge in [0.1, 0.15) is 5.60 Å². The number of aliphatic hydroxyl groups is 1. The van der Waals surface area contributed by atoms with E-state index in [1.807, 2.05) is 37.3 Å². The summed E-state index contributed by atoms with van der Waals surface area (Å²) in [7, 11) is 0. The first-order valence-electron chi connectivity index (χ1n) is 10.0. The lowest BCUT2D eigenvalue weighted by molar-refractivity contribution is 0.0672. The van der Waals surface area contributed by atoms with Crippen LogP contribution in [0, 0.1) is 5.92 Å². The summed E-state index contributed by atoms with van der Waals surface area (Å²) in [6.07, 6.45) is 0.399. The maximum Gasteiger partial charge on any atom is 0.407 e. The van der Waals surface area contributed by atoms with Crippen LogP contribution in [0.3, 0.4) is 0 Å². The highest BCUT2D eigenvalue weighted by atomic mass is 127. The van der Waals surface area contributed by atoms with Crippen molar-refractivity contribution in [3.05, 3.63) is 35.9 Å². The second-order valence-electron chi connectivity index (χ2n) is 7.41. The van der Waals surface area contributed by atoms with Crippen LogP contribution in [-0.4, -0.2) is 49.4 Å². The third-order valence-electron chi connectivity index (χ3n) is 4.15. The van der Waals surface area contributed by atoms with Crippen LogP contribution in [0.2, 0.25) is 0 Å². The molecule has 1 rings (SSSR count). The van der Waals surface area contributed by atoms with Gasteiger partial charge in [0.05, 0.1) is 13.2 Å². The first kappa shape index (κ1) is 27.5. The van der Waals surface area contributed by atoms with Crippen LogP contribution in [0.15, 0.2) is 35.3 Å². The Bertz CT molecular complexity index is 609. The Kier molecular flexibility index (Phi) is 13.7. The average Bonchev–Trinajstić information content (AvgIpc) is 2.64. The predicted molar refractivity (Wildman–Crippen MR) is 129 cm³/mol. The van der Waals surface area contributed by atoms with Crippen LogP contribution < -0.4 is 16.0 Å². The second kappa shape index (κ2) is 14.4. The third-order valence-corrected chi connectivity index (χ3v) is 4.15. The van der Waals surface area contributed by atoms with Crippen LogP contribution in [-0.2, 0) is 10.3 Å². The number of ether oxygens (including phenoxy) is 1. The SMILES string of the molecule is CCNC(=NCC(C)(O)c1ccccc1)NCC(CC(C)C)NC(=O)OCC.I. The molecule has 0 radical (unpaired) electrons. The van der Waals surface area contributed by atoms with E-state index in [0.29, 0.717) is 31.6 Å². The van der Waals surface area contributed by atoms with E-state index in [0.717, 1.165) is 12.0 Å². The Hall–Kier alpha value is -1.55. The molecule has 1 aromatic carbocycles. The maximum atomic E-state index is 11.8. The minimum Gasteiger partial charge on any atom is -0.450 e. The predicted octanol–water partition coefficient (Wildman–Crippen LogP) is 3.23. The summed E-state index contributed by atoms with van der Waals surface area (Å²) >= 11 is 0. The van der Waals surface area contributed by atoms with Gasteiger partial charge in [-0.05, 0) is 38.7 Å². The number of hydrogen-bond acceptors (Lipinski definition) is 4. The van der Waals surface area contributed by atoms with Gasteiger partial charge in [0.15, 0.2) is 5.96 Å². The van der Waals surface area contributed by atoms with Crippen molar-refractivity contribution in [3.63, 3.8) is 0 Å². The lowest BCUT2D eigenvalue weighted by atomic mass is 9.96. The summed E-state index contributed by atoms with van der Waals surface area (Å²) in [5.74, 6) is 1.02. The van der Waals surface area contributed by atoms with Gasteiger partial charge in [-0.15, -0.1) is 24.0 Å². The van der Waals surface area contributed by atoms with Gasteiger partial charge in [-0.2, -0.15) is 0 Å². The first-order chi connectivity index (χ1) is 13.3. The molecule has 1 aromatic rings. The summed E-state index contributed by atoms with van der Waals surface area (Å²) in [4.78, 5) is 16.3. The minimum absolute atomic E-state index is 0. The molecular weight excluding hydrogens is 483 g/mol. The molecule has 0 fully saturated rings. The fraction of sp³-hybridized carbons (Fsp3) is 0.619. The number of halogens is 1.